The van der Waals surface area contributed by atoms with Gasteiger partial charge in [0.1, 0.15) is 5.76 Å². The molecule has 0 aliphatic carbocycles. The summed E-state index contributed by atoms with van der Waals surface area (Å²) in [5, 5.41) is 0. The van der Waals surface area contributed by atoms with Crippen LogP contribution >= 0.6 is 0 Å². The van der Waals surface area contributed by atoms with Crippen molar-refractivity contribution in [2.45, 2.75) is 26.7 Å². The van der Waals surface area contributed by atoms with E-state index < -0.39 is 0 Å². The number of benzene rings is 1. The Bertz CT molecular complexity index is 431. The Hall–Kier alpha value is -1.57. The smallest absolute Gasteiger partial charge is 0.226 e. The van der Waals surface area contributed by atoms with E-state index in [9.17, 15) is 0 Å². The summed E-state index contributed by atoms with van der Waals surface area (Å²) in [4.78, 5) is 4.43. The van der Waals surface area contributed by atoms with E-state index >= 15 is 0 Å². The molecule has 2 aromatic rings. The Labute approximate surface area is 90.0 Å². The van der Waals surface area contributed by atoms with Crippen LogP contribution in [0.2, 0.25) is 0 Å². The van der Waals surface area contributed by atoms with E-state index in [0.717, 1.165) is 35.7 Å². The van der Waals surface area contributed by atoms with Crippen LogP contribution in [0.5, 0.6) is 0 Å². The van der Waals surface area contributed by atoms with Crippen LogP contribution in [0.3, 0.4) is 0 Å². The van der Waals surface area contributed by atoms with Gasteiger partial charge in [0.05, 0.1) is 5.69 Å². The standard InChI is InChI=1S/C13H15NO/c1-3-7-12-10(2)14-13(15-12)11-8-5-4-6-9-11/h4-6,8-9H,3,7H2,1-2H3. The summed E-state index contributed by atoms with van der Waals surface area (Å²) in [5.74, 6) is 1.74. The number of aryl methyl sites for hydroxylation is 2. The van der Waals surface area contributed by atoms with Crippen LogP contribution < -0.4 is 0 Å². The molecule has 1 aromatic heterocycles. The van der Waals surface area contributed by atoms with E-state index in [4.69, 9.17) is 4.42 Å². The average molecular weight is 201 g/mol. The lowest BCUT2D eigenvalue weighted by atomic mass is 10.2. The Morgan fingerprint density at radius 2 is 1.93 bits per heavy atom. The van der Waals surface area contributed by atoms with Gasteiger partial charge in [-0.05, 0) is 25.5 Å². The molecule has 0 unspecified atom stereocenters. The second-order valence-electron chi connectivity index (χ2n) is 3.64. The fraction of sp³-hybridized carbons (Fsp3) is 0.308. The molecule has 0 saturated carbocycles. The maximum absolute atomic E-state index is 5.73. The predicted molar refractivity (Wildman–Crippen MR) is 60.7 cm³/mol. The largest absolute Gasteiger partial charge is 0.441 e. The molecule has 1 aromatic carbocycles. The molecular weight excluding hydrogens is 186 g/mol. The zero-order chi connectivity index (χ0) is 10.7. The van der Waals surface area contributed by atoms with E-state index in [1.165, 1.54) is 0 Å². The second-order valence-corrected chi connectivity index (χ2v) is 3.64. The van der Waals surface area contributed by atoms with Crippen LogP contribution in [-0.2, 0) is 6.42 Å². The molecule has 0 fully saturated rings. The summed E-state index contributed by atoms with van der Waals surface area (Å²) in [5.41, 5.74) is 2.05. The quantitative estimate of drug-likeness (QED) is 0.758. The van der Waals surface area contributed by atoms with Gasteiger partial charge in [0.2, 0.25) is 5.89 Å². The molecule has 0 spiro atoms. The topological polar surface area (TPSA) is 26.0 Å². The van der Waals surface area contributed by atoms with E-state index in [2.05, 4.69) is 11.9 Å². The molecule has 78 valence electrons. The number of nitrogens with zero attached hydrogens (tertiary/aromatic N) is 1. The van der Waals surface area contributed by atoms with Gasteiger partial charge in [-0.25, -0.2) is 4.98 Å². The van der Waals surface area contributed by atoms with Gasteiger partial charge >= 0.3 is 0 Å². The molecule has 0 aliphatic rings. The van der Waals surface area contributed by atoms with Gasteiger partial charge in [0.25, 0.3) is 0 Å². The summed E-state index contributed by atoms with van der Waals surface area (Å²) in [6.45, 7) is 4.14. The SMILES string of the molecule is CCCc1oc(-c2ccccc2)nc1C. The number of hydrogen-bond acceptors (Lipinski definition) is 2. The third-order valence-electron chi connectivity index (χ3n) is 2.39. The van der Waals surface area contributed by atoms with Gasteiger partial charge in [0, 0.05) is 12.0 Å². The van der Waals surface area contributed by atoms with Gasteiger partial charge in [-0.15, -0.1) is 0 Å². The lowest BCUT2D eigenvalue weighted by Crippen LogP contribution is -1.82. The van der Waals surface area contributed by atoms with Crippen LogP contribution in [0.1, 0.15) is 24.8 Å². The molecule has 0 aliphatic heterocycles. The first-order valence-corrected chi connectivity index (χ1v) is 5.33. The van der Waals surface area contributed by atoms with Crippen molar-refractivity contribution in [2.24, 2.45) is 0 Å². The molecule has 0 radical (unpaired) electrons. The molecule has 2 heteroatoms. The van der Waals surface area contributed by atoms with Gasteiger partial charge in [-0.3, -0.25) is 0 Å². The van der Waals surface area contributed by atoms with Crippen molar-refractivity contribution in [1.29, 1.82) is 0 Å². The number of hydrogen-bond donors (Lipinski definition) is 0. The highest BCUT2D eigenvalue weighted by molar-refractivity contribution is 5.53. The average Bonchev–Trinajstić information content (AvgIpc) is 2.63. The minimum atomic E-state index is 0.733. The zero-order valence-corrected chi connectivity index (χ0v) is 9.16. The number of rotatable bonds is 3. The van der Waals surface area contributed by atoms with Crippen LogP contribution in [-0.4, -0.2) is 4.98 Å². The third-order valence-corrected chi connectivity index (χ3v) is 2.39. The Balaban J connectivity index is 2.34. The third kappa shape index (κ3) is 2.09. The Morgan fingerprint density at radius 3 is 2.60 bits per heavy atom. The normalized spacial score (nSPS) is 10.5. The van der Waals surface area contributed by atoms with Crippen LogP contribution in [0, 0.1) is 6.92 Å². The van der Waals surface area contributed by atoms with Gasteiger partial charge < -0.3 is 4.42 Å². The van der Waals surface area contributed by atoms with E-state index in [-0.39, 0.29) is 0 Å². The van der Waals surface area contributed by atoms with Crippen molar-refractivity contribution >= 4 is 0 Å². The van der Waals surface area contributed by atoms with Gasteiger partial charge in [0.15, 0.2) is 0 Å². The molecule has 2 rings (SSSR count). The molecule has 15 heavy (non-hydrogen) atoms. The molecule has 0 amide bonds. The molecule has 0 atom stereocenters. The summed E-state index contributed by atoms with van der Waals surface area (Å²) in [6, 6.07) is 10.0. The van der Waals surface area contributed by atoms with Crippen molar-refractivity contribution < 1.29 is 4.42 Å². The molecule has 0 N–H and O–H groups in total. The Kier molecular flexibility index (Phi) is 2.86. The highest BCUT2D eigenvalue weighted by Crippen LogP contribution is 2.22. The number of aromatic nitrogens is 1. The summed E-state index contributed by atoms with van der Waals surface area (Å²) in [7, 11) is 0. The molecule has 1 heterocycles. The summed E-state index contributed by atoms with van der Waals surface area (Å²) >= 11 is 0. The summed E-state index contributed by atoms with van der Waals surface area (Å²) < 4.78 is 5.73. The first-order chi connectivity index (χ1) is 7.31. The fourth-order valence-corrected chi connectivity index (χ4v) is 1.59. The molecule has 0 saturated heterocycles. The van der Waals surface area contributed by atoms with E-state index in [0.29, 0.717) is 0 Å². The van der Waals surface area contributed by atoms with Gasteiger partial charge in [-0.1, -0.05) is 25.1 Å². The highest BCUT2D eigenvalue weighted by atomic mass is 16.4. The van der Waals surface area contributed by atoms with E-state index in [1.54, 1.807) is 0 Å². The van der Waals surface area contributed by atoms with Crippen molar-refractivity contribution in [3.63, 3.8) is 0 Å². The lowest BCUT2D eigenvalue weighted by molar-refractivity contribution is 0.512. The maximum Gasteiger partial charge on any atom is 0.226 e. The molecule has 2 nitrogen and oxygen atoms in total. The van der Waals surface area contributed by atoms with Crippen molar-refractivity contribution in [1.82, 2.24) is 4.98 Å². The second kappa shape index (κ2) is 4.30. The van der Waals surface area contributed by atoms with Crippen LogP contribution in [0.25, 0.3) is 11.5 Å². The summed E-state index contributed by atoms with van der Waals surface area (Å²) in [6.07, 6.45) is 2.05. The van der Waals surface area contributed by atoms with Crippen LogP contribution in [0.4, 0.5) is 0 Å². The van der Waals surface area contributed by atoms with Gasteiger partial charge in [-0.2, -0.15) is 0 Å². The first kappa shape index (κ1) is 9.97. The van der Waals surface area contributed by atoms with Crippen LogP contribution in [0.15, 0.2) is 34.7 Å². The minimum Gasteiger partial charge on any atom is -0.441 e. The minimum absolute atomic E-state index is 0.733. The van der Waals surface area contributed by atoms with E-state index in [1.807, 2.05) is 37.3 Å². The van der Waals surface area contributed by atoms with Crippen molar-refractivity contribution in [3.05, 3.63) is 41.8 Å². The fourth-order valence-electron chi connectivity index (χ4n) is 1.59. The Morgan fingerprint density at radius 1 is 1.20 bits per heavy atom. The highest BCUT2D eigenvalue weighted by Gasteiger charge is 2.09. The maximum atomic E-state index is 5.73. The predicted octanol–water partition coefficient (Wildman–Crippen LogP) is 3.60. The van der Waals surface area contributed by atoms with Crippen molar-refractivity contribution in [2.75, 3.05) is 0 Å². The lowest BCUT2D eigenvalue weighted by Gasteiger charge is -1.93. The first-order valence-electron chi connectivity index (χ1n) is 5.33. The van der Waals surface area contributed by atoms with Crippen molar-refractivity contribution in [3.8, 4) is 11.5 Å². The molecule has 0 bridgehead atoms. The number of oxazole rings is 1. The zero-order valence-electron chi connectivity index (χ0n) is 9.16. The monoisotopic (exact) mass is 201 g/mol. The molecular formula is C13H15NO.